The first-order valence-electron chi connectivity index (χ1n) is 6.54. The Hall–Kier alpha value is -1.86. The first-order chi connectivity index (χ1) is 9.03. The van der Waals surface area contributed by atoms with Gasteiger partial charge in [-0.1, -0.05) is 24.3 Å². The normalized spacial score (nSPS) is 18.3. The number of carbonyl (C=O) groups excluding carboxylic acids is 1. The molecule has 0 fully saturated rings. The standard InChI is InChI=1S/C15H19N3O/c1-15(2,9-16)10-18-14(19)13-12-6-4-3-5-11(12)7-8-17-13/h3-6,13,17H,7-8,10H2,1-2H3,(H,18,19). The van der Waals surface area contributed by atoms with Crippen LogP contribution in [0.4, 0.5) is 0 Å². The van der Waals surface area contributed by atoms with Gasteiger partial charge >= 0.3 is 0 Å². The van der Waals surface area contributed by atoms with Crippen LogP contribution < -0.4 is 10.6 Å². The summed E-state index contributed by atoms with van der Waals surface area (Å²) in [5.41, 5.74) is 1.73. The van der Waals surface area contributed by atoms with Crippen molar-refractivity contribution in [1.82, 2.24) is 10.6 Å². The Morgan fingerprint density at radius 2 is 2.26 bits per heavy atom. The predicted octanol–water partition coefficient (Wildman–Crippen LogP) is 1.54. The number of fused-ring (bicyclic) bond motifs is 1. The van der Waals surface area contributed by atoms with E-state index in [4.69, 9.17) is 5.26 Å². The molecule has 4 nitrogen and oxygen atoms in total. The maximum Gasteiger partial charge on any atom is 0.241 e. The van der Waals surface area contributed by atoms with Crippen LogP contribution in [0.25, 0.3) is 0 Å². The maximum absolute atomic E-state index is 12.2. The van der Waals surface area contributed by atoms with Gasteiger partial charge < -0.3 is 10.6 Å². The van der Waals surface area contributed by atoms with Gasteiger partial charge in [-0.2, -0.15) is 5.26 Å². The first kappa shape index (κ1) is 13.6. The van der Waals surface area contributed by atoms with Crippen LogP contribution in [0.3, 0.4) is 0 Å². The zero-order valence-corrected chi connectivity index (χ0v) is 11.4. The van der Waals surface area contributed by atoms with Crippen molar-refractivity contribution in [2.24, 2.45) is 5.41 Å². The average Bonchev–Trinajstić information content (AvgIpc) is 2.44. The van der Waals surface area contributed by atoms with E-state index in [9.17, 15) is 4.79 Å². The fourth-order valence-corrected chi connectivity index (χ4v) is 2.19. The second-order valence-electron chi connectivity index (χ2n) is 5.55. The molecule has 0 saturated carbocycles. The fourth-order valence-electron chi connectivity index (χ4n) is 2.19. The quantitative estimate of drug-likeness (QED) is 0.863. The van der Waals surface area contributed by atoms with E-state index in [1.54, 1.807) is 0 Å². The van der Waals surface area contributed by atoms with Gasteiger partial charge in [0.05, 0.1) is 11.5 Å². The van der Waals surface area contributed by atoms with Gasteiger partial charge in [-0.3, -0.25) is 4.79 Å². The van der Waals surface area contributed by atoms with E-state index in [0.717, 1.165) is 18.5 Å². The Morgan fingerprint density at radius 1 is 1.53 bits per heavy atom. The van der Waals surface area contributed by atoms with Crippen LogP contribution in [0.1, 0.15) is 31.0 Å². The number of hydrogen-bond donors (Lipinski definition) is 2. The minimum Gasteiger partial charge on any atom is -0.353 e. The van der Waals surface area contributed by atoms with Crippen molar-refractivity contribution in [3.05, 3.63) is 35.4 Å². The molecule has 1 aliphatic heterocycles. The van der Waals surface area contributed by atoms with Gasteiger partial charge in [0, 0.05) is 13.1 Å². The lowest BCUT2D eigenvalue weighted by atomic mass is 9.92. The van der Waals surface area contributed by atoms with Gasteiger partial charge in [0.25, 0.3) is 0 Å². The fraction of sp³-hybridized carbons (Fsp3) is 0.467. The smallest absolute Gasteiger partial charge is 0.241 e. The van der Waals surface area contributed by atoms with Gasteiger partial charge in [-0.05, 0) is 31.4 Å². The van der Waals surface area contributed by atoms with E-state index >= 15 is 0 Å². The molecule has 1 atom stereocenters. The van der Waals surface area contributed by atoms with Crippen molar-refractivity contribution in [2.45, 2.75) is 26.3 Å². The molecule has 2 N–H and O–H groups in total. The number of rotatable bonds is 3. The Kier molecular flexibility index (Phi) is 3.87. The summed E-state index contributed by atoms with van der Waals surface area (Å²) in [6.07, 6.45) is 0.948. The van der Waals surface area contributed by atoms with Crippen molar-refractivity contribution >= 4 is 5.91 Å². The molecule has 1 amide bonds. The summed E-state index contributed by atoms with van der Waals surface area (Å²) in [5.74, 6) is -0.0597. The van der Waals surface area contributed by atoms with Crippen LogP contribution >= 0.6 is 0 Å². The summed E-state index contributed by atoms with van der Waals surface area (Å²) in [4.78, 5) is 12.2. The summed E-state index contributed by atoms with van der Waals surface area (Å²) >= 11 is 0. The van der Waals surface area contributed by atoms with Crippen LogP contribution in [-0.2, 0) is 11.2 Å². The third kappa shape index (κ3) is 3.12. The number of nitrogens with zero attached hydrogens (tertiary/aromatic N) is 1. The Bertz CT molecular complexity index is 516. The third-order valence-electron chi connectivity index (χ3n) is 3.38. The highest BCUT2D eigenvalue weighted by Gasteiger charge is 2.27. The molecule has 0 saturated heterocycles. The molecular formula is C15H19N3O. The molecule has 0 aromatic heterocycles. The second kappa shape index (κ2) is 5.41. The molecule has 0 bridgehead atoms. The molecule has 1 aromatic rings. The summed E-state index contributed by atoms with van der Waals surface area (Å²) in [5, 5.41) is 15.1. The second-order valence-corrected chi connectivity index (χ2v) is 5.55. The van der Waals surface area contributed by atoms with E-state index in [1.165, 1.54) is 5.56 Å². The SMILES string of the molecule is CC(C)(C#N)CNC(=O)C1NCCc2ccccc21. The van der Waals surface area contributed by atoms with E-state index in [0.29, 0.717) is 6.54 Å². The molecule has 1 aliphatic rings. The van der Waals surface area contributed by atoms with Crippen LogP contribution in [0.15, 0.2) is 24.3 Å². The van der Waals surface area contributed by atoms with E-state index in [2.05, 4.69) is 22.8 Å². The highest BCUT2D eigenvalue weighted by molar-refractivity contribution is 5.84. The number of amides is 1. The molecule has 4 heteroatoms. The van der Waals surface area contributed by atoms with Crippen molar-refractivity contribution in [2.75, 3.05) is 13.1 Å². The molecule has 0 radical (unpaired) electrons. The van der Waals surface area contributed by atoms with E-state index in [-0.39, 0.29) is 11.9 Å². The van der Waals surface area contributed by atoms with Crippen molar-refractivity contribution in [3.8, 4) is 6.07 Å². The number of nitriles is 1. The zero-order chi connectivity index (χ0) is 13.9. The lowest BCUT2D eigenvalue weighted by Crippen LogP contribution is -2.43. The van der Waals surface area contributed by atoms with E-state index in [1.807, 2.05) is 32.0 Å². The topological polar surface area (TPSA) is 64.9 Å². The minimum absolute atomic E-state index is 0.0597. The van der Waals surface area contributed by atoms with Crippen LogP contribution in [-0.4, -0.2) is 19.0 Å². The van der Waals surface area contributed by atoms with Crippen molar-refractivity contribution in [3.63, 3.8) is 0 Å². The maximum atomic E-state index is 12.2. The predicted molar refractivity (Wildman–Crippen MR) is 73.3 cm³/mol. The Labute approximate surface area is 113 Å². The van der Waals surface area contributed by atoms with Crippen LogP contribution in [0.2, 0.25) is 0 Å². The number of nitrogens with one attached hydrogen (secondary N) is 2. The van der Waals surface area contributed by atoms with Gasteiger partial charge in [0.1, 0.15) is 6.04 Å². The van der Waals surface area contributed by atoms with Gasteiger partial charge in [0.15, 0.2) is 0 Å². The average molecular weight is 257 g/mol. The lowest BCUT2D eigenvalue weighted by Gasteiger charge is -2.27. The van der Waals surface area contributed by atoms with Crippen LogP contribution in [0, 0.1) is 16.7 Å². The molecule has 0 spiro atoms. The zero-order valence-electron chi connectivity index (χ0n) is 11.4. The van der Waals surface area contributed by atoms with Gasteiger partial charge in [-0.25, -0.2) is 0 Å². The molecule has 1 unspecified atom stereocenters. The van der Waals surface area contributed by atoms with Crippen LogP contribution in [0.5, 0.6) is 0 Å². The molecule has 100 valence electrons. The molecule has 1 heterocycles. The highest BCUT2D eigenvalue weighted by Crippen LogP contribution is 2.23. The third-order valence-corrected chi connectivity index (χ3v) is 3.38. The summed E-state index contributed by atoms with van der Waals surface area (Å²) in [7, 11) is 0. The monoisotopic (exact) mass is 257 g/mol. The number of hydrogen-bond acceptors (Lipinski definition) is 3. The Morgan fingerprint density at radius 3 is 3.00 bits per heavy atom. The molecule has 0 aliphatic carbocycles. The largest absolute Gasteiger partial charge is 0.353 e. The Balaban J connectivity index is 2.08. The highest BCUT2D eigenvalue weighted by atomic mass is 16.2. The van der Waals surface area contributed by atoms with Gasteiger partial charge in [-0.15, -0.1) is 0 Å². The van der Waals surface area contributed by atoms with Crippen molar-refractivity contribution in [1.29, 1.82) is 5.26 Å². The summed E-state index contributed by atoms with van der Waals surface area (Å²) in [6.45, 7) is 4.80. The van der Waals surface area contributed by atoms with Gasteiger partial charge in [0.2, 0.25) is 5.91 Å². The molecule has 19 heavy (non-hydrogen) atoms. The minimum atomic E-state index is -0.538. The summed E-state index contributed by atoms with van der Waals surface area (Å²) in [6, 6.07) is 9.88. The molecular weight excluding hydrogens is 238 g/mol. The molecule has 1 aromatic carbocycles. The number of benzene rings is 1. The summed E-state index contributed by atoms with van der Waals surface area (Å²) < 4.78 is 0. The molecule has 2 rings (SSSR count). The number of carbonyl (C=O) groups is 1. The van der Waals surface area contributed by atoms with E-state index < -0.39 is 5.41 Å². The van der Waals surface area contributed by atoms with Crippen molar-refractivity contribution < 1.29 is 4.79 Å². The first-order valence-corrected chi connectivity index (χ1v) is 6.54. The lowest BCUT2D eigenvalue weighted by molar-refractivity contribution is -0.123.